The predicted octanol–water partition coefficient (Wildman–Crippen LogP) is 4.69. The van der Waals surface area contributed by atoms with Crippen LogP contribution in [0.4, 0.5) is 0 Å². The first kappa shape index (κ1) is 18.0. The lowest BCUT2D eigenvalue weighted by Gasteiger charge is -2.15. The van der Waals surface area contributed by atoms with E-state index in [1.807, 2.05) is 66.7 Å². The maximum absolute atomic E-state index is 12.4. The van der Waals surface area contributed by atoms with Gasteiger partial charge in [0, 0.05) is 11.8 Å². The Hall–Kier alpha value is -2.85. The normalized spacial score (nSPS) is 12.0. The molecule has 0 N–H and O–H groups in total. The van der Waals surface area contributed by atoms with E-state index in [2.05, 4.69) is 0 Å². The van der Waals surface area contributed by atoms with Crippen LogP contribution in [-0.4, -0.2) is 21.8 Å². The van der Waals surface area contributed by atoms with Gasteiger partial charge in [0.15, 0.2) is 9.84 Å². The average Bonchev–Trinajstić information content (AvgIpc) is 2.66. The van der Waals surface area contributed by atoms with Crippen molar-refractivity contribution in [2.24, 2.45) is 0 Å². The van der Waals surface area contributed by atoms with Crippen molar-refractivity contribution in [3.8, 4) is 5.75 Å². The van der Waals surface area contributed by atoms with Gasteiger partial charge in [-0.2, -0.15) is 0 Å². The van der Waals surface area contributed by atoms with Crippen LogP contribution in [0.5, 0.6) is 5.75 Å². The molecule has 3 rings (SSSR count). The fourth-order valence-corrected chi connectivity index (χ4v) is 3.70. The SMILES string of the molecule is COc1ccc(S(C)(=O)=O)c(/C(=C/c2ccccc2)c2ccccc2)c1. The van der Waals surface area contributed by atoms with Crippen molar-refractivity contribution in [1.29, 1.82) is 0 Å². The second-order valence-corrected chi connectivity index (χ2v) is 7.95. The summed E-state index contributed by atoms with van der Waals surface area (Å²) >= 11 is 0. The monoisotopic (exact) mass is 364 g/mol. The number of hydrogen-bond acceptors (Lipinski definition) is 3. The van der Waals surface area contributed by atoms with Crippen LogP contribution < -0.4 is 4.74 Å². The second-order valence-electron chi connectivity index (χ2n) is 5.97. The minimum atomic E-state index is -3.40. The molecule has 0 heterocycles. The Kier molecular flexibility index (Phi) is 5.24. The first-order valence-corrected chi connectivity index (χ1v) is 10.1. The summed E-state index contributed by atoms with van der Waals surface area (Å²) in [5, 5.41) is 0. The van der Waals surface area contributed by atoms with Gasteiger partial charge in [0.2, 0.25) is 0 Å². The quantitative estimate of drug-likeness (QED) is 0.617. The molecular formula is C22H20O3S. The number of hydrogen-bond donors (Lipinski definition) is 0. The topological polar surface area (TPSA) is 43.4 Å². The molecule has 0 unspecified atom stereocenters. The highest BCUT2D eigenvalue weighted by Gasteiger charge is 2.18. The summed E-state index contributed by atoms with van der Waals surface area (Å²) in [5.74, 6) is 0.613. The van der Waals surface area contributed by atoms with E-state index >= 15 is 0 Å². The Morgan fingerprint density at radius 3 is 2.08 bits per heavy atom. The highest BCUT2D eigenvalue weighted by molar-refractivity contribution is 7.90. The lowest BCUT2D eigenvalue weighted by Crippen LogP contribution is -2.03. The number of rotatable bonds is 5. The van der Waals surface area contributed by atoms with Gasteiger partial charge >= 0.3 is 0 Å². The number of benzene rings is 3. The van der Waals surface area contributed by atoms with Crippen LogP contribution in [-0.2, 0) is 9.84 Å². The second kappa shape index (κ2) is 7.58. The van der Waals surface area contributed by atoms with Crippen molar-refractivity contribution in [2.45, 2.75) is 4.90 Å². The molecule has 0 aliphatic heterocycles. The Balaban J connectivity index is 2.31. The molecule has 3 aromatic rings. The van der Waals surface area contributed by atoms with Gasteiger partial charge < -0.3 is 4.74 Å². The lowest BCUT2D eigenvalue weighted by molar-refractivity contribution is 0.414. The first-order valence-electron chi connectivity index (χ1n) is 8.19. The molecule has 0 saturated heterocycles. The van der Waals surface area contributed by atoms with Crippen molar-refractivity contribution in [3.63, 3.8) is 0 Å². The van der Waals surface area contributed by atoms with E-state index < -0.39 is 9.84 Å². The van der Waals surface area contributed by atoms with Gasteiger partial charge in [-0.3, -0.25) is 0 Å². The first-order chi connectivity index (χ1) is 12.5. The maximum atomic E-state index is 12.4. The Labute approximate surface area is 154 Å². The van der Waals surface area contributed by atoms with Gasteiger partial charge in [-0.05, 0) is 41.0 Å². The molecule has 132 valence electrons. The molecule has 0 aromatic heterocycles. The van der Waals surface area contributed by atoms with E-state index in [9.17, 15) is 8.42 Å². The molecule has 0 aliphatic carbocycles. The van der Waals surface area contributed by atoms with Crippen LogP contribution in [0.1, 0.15) is 16.7 Å². The average molecular weight is 364 g/mol. The predicted molar refractivity (Wildman–Crippen MR) is 106 cm³/mol. The molecule has 0 radical (unpaired) electrons. The Bertz CT molecular complexity index is 1020. The van der Waals surface area contributed by atoms with Crippen molar-refractivity contribution in [3.05, 3.63) is 95.6 Å². The van der Waals surface area contributed by atoms with Crippen molar-refractivity contribution in [2.75, 3.05) is 13.4 Å². The molecule has 0 atom stereocenters. The molecule has 0 bridgehead atoms. The molecule has 26 heavy (non-hydrogen) atoms. The lowest BCUT2D eigenvalue weighted by atomic mass is 9.95. The number of sulfone groups is 1. The number of methoxy groups -OCH3 is 1. The molecule has 3 aromatic carbocycles. The third kappa shape index (κ3) is 4.03. The Morgan fingerprint density at radius 2 is 1.50 bits per heavy atom. The van der Waals surface area contributed by atoms with Crippen molar-refractivity contribution >= 4 is 21.5 Å². The third-order valence-electron chi connectivity index (χ3n) is 4.07. The summed E-state index contributed by atoms with van der Waals surface area (Å²) in [6, 6.07) is 24.7. The minimum Gasteiger partial charge on any atom is -0.497 e. The van der Waals surface area contributed by atoms with Crippen molar-refractivity contribution in [1.82, 2.24) is 0 Å². The highest BCUT2D eigenvalue weighted by atomic mass is 32.2. The molecular weight excluding hydrogens is 344 g/mol. The van der Waals surface area contributed by atoms with Gasteiger partial charge in [-0.1, -0.05) is 60.7 Å². The Morgan fingerprint density at radius 1 is 0.885 bits per heavy atom. The summed E-state index contributed by atoms with van der Waals surface area (Å²) in [5.41, 5.74) is 3.39. The van der Waals surface area contributed by atoms with E-state index in [0.717, 1.165) is 16.7 Å². The van der Waals surface area contributed by atoms with Crippen LogP contribution in [0.25, 0.3) is 11.6 Å². The van der Waals surface area contributed by atoms with Gasteiger partial charge in [0.25, 0.3) is 0 Å². The zero-order valence-corrected chi connectivity index (χ0v) is 15.5. The molecule has 0 saturated carbocycles. The van der Waals surface area contributed by atoms with Crippen LogP contribution in [0.2, 0.25) is 0 Å². The smallest absolute Gasteiger partial charge is 0.176 e. The minimum absolute atomic E-state index is 0.282. The number of ether oxygens (including phenoxy) is 1. The summed E-state index contributed by atoms with van der Waals surface area (Å²) in [7, 11) is -1.83. The van der Waals surface area contributed by atoms with E-state index in [1.54, 1.807) is 25.3 Å². The van der Waals surface area contributed by atoms with Gasteiger partial charge in [0.1, 0.15) is 5.75 Å². The van der Waals surface area contributed by atoms with Gasteiger partial charge in [-0.25, -0.2) is 8.42 Å². The highest BCUT2D eigenvalue weighted by Crippen LogP contribution is 2.33. The van der Waals surface area contributed by atoms with E-state index in [-0.39, 0.29) is 4.90 Å². The molecule has 3 nitrogen and oxygen atoms in total. The van der Waals surface area contributed by atoms with Crippen LogP contribution in [0, 0.1) is 0 Å². The zero-order valence-electron chi connectivity index (χ0n) is 14.7. The largest absolute Gasteiger partial charge is 0.497 e. The summed E-state index contributed by atoms with van der Waals surface area (Å²) < 4.78 is 30.1. The fraction of sp³-hybridized carbons (Fsp3) is 0.0909. The van der Waals surface area contributed by atoms with Gasteiger partial charge in [-0.15, -0.1) is 0 Å². The zero-order chi connectivity index (χ0) is 18.6. The third-order valence-corrected chi connectivity index (χ3v) is 5.23. The standard InChI is InChI=1S/C22H20O3S/c1-25-19-13-14-22(26(2,23)24)21(16-19)20(18-11-7-4-8-12-18)15-17-9-5-3-6-10-17/h3-16H,1-2H3/b20-15+. The van der Waals surface area contributed by atoms with E-state index in [4.69, 9.17) is 4.74 Å². The maximum Gasteiger partial charge on any atom is 0.176 e. The van der Waals surface area contributed by atoms with E-state index in [1.165, 1.54) is 6.26 Å². The fourth-order valence-electron chi connectivity index (χ4n) is 2.82. The van der Waals surface area contributed by atoms with Gasteiger partial charge in [0.05, 0.1) is 12.0 Å². The summed E-state index contributed by atoms with van der Waals surface area (Å²) in [6.07, 6.45) is 3.22. The van der Waals surface area contributed by atoms with E-state index in [0.29, 0.717) is 11.3 Å². The molecule has 0 spiro atoms. The molecule has 0 aliphatic rings. The molecule has 0 amide bonds. The van der Waals surface area contributed by atoms with Crippen LogP contribution in [0.15, 0.2) is 83.8 Å². The summed E-state index contributed by atoms with van der Waals surface area (Å²) in [4.78, 5) is 0.282. The molecule has 0 fully saturated rings. The van der Waals surface area contributed by atoms with Crippen LogP contribution >= 0.6 is 0 Å². The van der Waals surface area contributed by atoms with Crippen LogP contribution in [0.3, 0.4) is 0 Å². The molecule has 4 heteroatoms. The summed E-state index contributed by atoms with van der Waals surface area (Å²) in [6.45, 7) is 0. The van der Waals surface area contributed by atoms with Crippen molar-refractivity contribution < 1.29 is 13.2 Å².